The summed E-state index contributed by atoms with van der Waals surface area (Å²) in [5.74, 6) is 0.140. The summed E-state index contributed by atoms with van der Waals surface area (Å²) >= 11 is 0. The molecule has 1 aromatic rings. The van der Waals surface area contributed by atoms with Crippen molar-refractivity contribution in [1.29, 1.82) is 0 Å². The van der Waals surface area contributed by atoms with Crippen molar-refractivity contribution < 1.29 is 13.2 Å². The van der Waals surface area contributed by atoms with Crippen molar-refractivity contribution in [2.45, 2.75) is 11.4 Å². The second-order valence-electron chi connectivity index (χ2n) is 4.62. The number of hydrogen-bond acceptors (Lipinski definition) is 5. The molecule has 0 atom stereocenters. The first-order chi connectivity index (χ1) is 9.12. The van der Waals surface area contributed by atoms with Crippen molar-refractivity contribution in [2.75, 3.05) is 38.6 Å². The van der Waals surface area contributed by atoms with Crippen molar-refractivity contribution >= 4 is 9.84 Å². The standard InChI is InChI=1S/C13H20N2O3S/c14-11-12-2-1-3-13(10-12)19(16,17)9-6-15-4-7-18-8-5-15/h1-3,10H,4-9,11,14H2. The predicted octanol–water partition coefficient (Wildman–Crippen LogP) is 0.251. The number of sulfone groups is 1. The van der Waals surface area contributed by atoms with E-state index in [4.69, 9.17) is 10.5 Å². The highest BCUT2D eigenvalue weighted by molar-refractivity contribution is 7.91. The Bertz CT molecular complexity index is 510. The van der Waals surface area contributed by atoms with Crippen LogP contribution in [-0.2, 0) is 21.1 Å². The van der Waals surface area contributed by atoms with Crippen molar-refractivity contribution in [3.8, 4) is 0 Å². The van der Waals surface area contributed by atoms with Crippen LogP contribution in [0.2, 0.25) is 0 Å². The zero-order valence-electron chi connectivity index (χ0n) is 10.9. The molecule has 1 aromatic carbocycles. The first-order valence-electron chi connectivity index (χ1n) is 6.44. The maximum absolute atomic E-state index is 12.2. The van der Waals surface area contributed by atoms with E-state index in [1.54, 1.807) is 18.2 Å². The van der Waals surface area contributed by atoms with Gasteiger partial charge in [0.2, 0.25) is 0 Å². The van der Waals surface area contributed by atoms with Crippen LogP contribution in [0.25, 0.3) is 0 Å². The number of hydrogen-bond donors (Lipinski definition) is 1. The number of ether oxygens (including phenoxy) is 1. The summed E-state index contributed by atoms with van der Waals surface area (Å²) in [6.45, 7) is 3.88. The third-order valence-electron chi connectivity index (χ3n) is 3.27. The lowest BCUT2D eigenvalue weighted by molar-refractivity contribution is 0.0408. The molecule has 106 valence electrons. The largest absolute Gasteiger partial charge is 0.379 e. The van der Waals surface area contributed by atoms with E-state index in [2.05, 4.69) is 4.90 Å². The lowest BCUT2D eigenvalue weighted by Gasteiger charge is -2.26. The minimum atomic E-state index is -3.23. The average molecular weight is 284 g/mol. The summed E-state index contributed by atoms with van der Waals surface area (Å²) < 4.78 is 29.7. The van der Waals surface area contributed by atoms with E-state index >= 15 is 0 Å². The molecule has 0 spiro atoms. The molecule has 5 nitrogen and oxygen atoms in total. The SMILES string of the molecule is NCc1cccc(S(=O)(=O)CCN2CCOCC2)c1. The minimum absolute atomic E-state index is 0.140. The van der Waals surface area contributed by atoms with Gasteiger partial charge in [0.1, 0.15) is 0 Å². The Morgan fingerprint density at radius 1 is 1.26 bits per heavy atom. The van der Waals surface area contributed by atoms with Crippen LogP contribution >= 0.6 is 0 Å². The van der Waals surface area contributed by atoms with E-state index in [9.17, 15) is 8.42 Å². The maximum Gasteiger partial charge on any atom is 0.179 e. The van der Waals surface area contributed by atoms with E-state index in [1.165, 1.54) is 0 Å². The van der Waals surface area contributed by atoms with Crippen molar-refractivity contribution in [1.82, 2.24) is 4.90 Å². The molecule has 6 heteroatoms. The molecule has 0 bridgehead atoms. The molecule has 0 saturated carbocycles. The Kier molecular flexibility index (Phi) is 4.93. The number of nitrogens with two attached hydrogens (primary N) is 1. The fourth-order valence-corrected chi connectivity index (χ4v) is 3.41. The van der Waals surface area contributed by atoms with Gasteiger partial charge in [0.25, 0.3) is 0 Å². The molecule has 0 radical (unpaired) electrons. The zero-order valence-corrected chi connectivity index (χ0v) is 11.7. The quantitative estimate of drug-likeness (QED) is 0.839. The Hall–Kier alpha value is -0.950. The zero-order chi connectivity index (χ0) is 13.7. The molecule has 1 heterocycles. The molecular weight excluding hydrogens is 264 g/mol. The smallest absolute Gasteiger partial charge is 0.179 e. The van der Waals surface area contributed by atoms with Gasteiger partial charge in [-0.15, -0.1) is 0 Å². The van der Waals surface area contributed by atoms with E-state index in [1.807, 2.05) is 6.07 Å². The molecule has 0 aliphatic carbocycles. The topological polar surface area (TPSA) is 72.6 Å². The van der Waals surface area contributed by atoms with Gasteiger partial charge in [0.15, 0.2) is 9.84 Å². The molecule has 1 aliphatic heterocycles. The maximum atomic E-state index is 12.2. The number of benzene rings is 1. The van der Waals surface area contributed by atoms with Gasteiger partial charge < -0.3 is 10.5 Å². The summed E-state index contributed by atoms with van der Waals surface area (Å²) in [7, 11) is -3.23. The lowest BCUT2D eigenvalue weighted by Crippen LogP contribution is -2.39. The van der Waals surface area contributed by atoms with Gasteiger partial charge in [-0.1, -0.05) is 12.1 Å². The molecule has 0 unspecified atom stereocenters. The van der Waals surface area contributed by atoms with Crippen molar-refractivity contribution in [2.24, 2.45) is 5.73 Å². The summed E-state index contributed by atoms with van der Waals surface area (Å²) in [5.41, 5.74) is 6.38. The Balaban J connectivity index is 2.00. The molecule has 0 aromatic heterocycles. The highest BCUT2D eigenvalue weighted by atomic mass is 32.2. The third kappa shape index (κ3) is 4.01. The fourth-order valence-electron chi connectivity index (χ4n) is 2.06. The van der Waals surface area contributed by atoms with Crippen molar-refractivity contribution in [3.05, 3.63) is 29.8 Å². The molecule has 1 saturated heterocycles. The third-order valence-corrected chi connectivity index (χ3v) is 4.97. The molecule has 19 heavy (non-hydrogen) atoms. The van der Waals surface area contributed by atoms with Crippen LogP contribution in [0.3, 0.4) is 0 Å². The van der Waals surface area contributed by atoms with E-state index < -0.39 is 9.84 Å². The molecule has 1 fully saturated rings. The second kappa shape index (κ2) is 6.47. The second-order valence-corrected chi connectivity index (χ2v) is 6.73. The summed E-state index contributed by atoms with van der Waals surface area (Å²) in [6.07, 6.45) is 0. The normalized spacial score (nSPS) is 17.5. The summed E-state index contributed by atoms with van der Waals surface area (Å²) in [6, 6.07) is 6.87. The van der Waals surface area contributed by atoms with Gasteiger partial charge in [0.05, 0.1) is 23.9 Å². The molecule has 0 amide bonds. The van der Waals surface area contributed by atoms with E-state index in [0.29, 0.717) is 31.2 Å². The van der Waals surface area contributed by atoms with E-state index in [-0.39, 0.29) is 5.75 Å². The Morgan fingerprint density at radius 2 is 2.00 bits per heavy atom. The van der Waals surface area contributed by atoms with Crippen LogP contribution in [-0.4, -0.2) is 51.9 Å². The lowest BCUT2D eigenvalue weighted by atomic mass is 10.2. The van der Waals surface area contributed by atoms with E-state index in [0.717, 1.165) is 18.7 Å². The summed E-state index contributed by atoms with van der Waals surface area (Å²) in [4.78, 5) is 2.48. The van der Waals surface area contributed by atoms with Crippen LogP contribution in [0.1, 0.15) is 5.56 Å². The van der Waals surface area contributed by atoms with Crippen LogP contribution < -0.4 is 5.73 Å². The first kappa shape index (κ1) is 14.5. The van der Waals surface area contributed by atoms with Gasteiger partial charge in [-0.25, -0.2) is 8.42 Å². The molecule has 2 N–H and O–H groups in total. The number of nitrogens with zero attached hydrogens (tertiary/aromatic N) is 1. The van der Waals surface area contributed by atoms with Gasteiger partial charge in [-0.2, -0.15) is 0 Å². The van der Waals surface area contributed by atoms with Gasteiger partial charge in [-0.3, -0.25) is 4.90 Å². The molecule has 2 rings (SSSR count). The van der Waals surface area contributed by atoms with Crippen LogP contribution in [0.15, 0.2) is 29.2 Å². The van der Waals surface area contributed by atoms with Crippen LogP contribution in [0, 0.1) is 0 Å². The monoisotopic (exact) mass is 284 g/mol. The molecular formula is C13H20N2O3S. The Morgan fingerprint density at radius 3 is 2.68 bits per heavy atom. The summed E-state index contributed by atoms with van der Waals surface area (Å²) in [5, 5.41) is 0. The van der Waals surface area contributed by atoms with Gasteiger partial charge >= 0.3 is 0 Å². The number of rotatable bonds is 5. The van der Waals surface area contributed by atoms with Gasteiger partial charge in [0, 0.05) is 26.2 Å². The average Bonchev–Trinajstić information content (AvgIpc) is 2.46. The minimum Gasteiger partial charge on any atom is -0.379 e. The first-order valence-corrected chi connectivity index (χ1v) is 8.09. The molecule has 1 aliphatic rings. The predicted molar refractivity (Wildman–Crippen MR) is 73.6 cm³/mol. The van der Waals surface area contributed by atoms with Crippen molar-refractivity contribution in [3.63, 3.8) is 0 Å². The Labute approximate surface area is 114 Å². The van der Waals surface area contributed by atoms with Crippen LogP contribution in [0.5, 0.6) is 0 Å². The highest BCUT2D eigenvalue weighted by Crippen LogP contribution is 2.13. The fraction of sp³-hybridized carbons (Fsp3) is 0.538. The highest BCUT2D eigenvalue weighted by Gasteiger charge is 2.18. The number of morpholine rings is 1. The van der Waals surface area contributed by atoms with Gasteiger partial charge in [-0.05, 0) is 17.7 Å². The van der Waals surface area contributed by atoms with Crippen LogP contribution in [0.4, 0.5) is 0 Å².